The summed E-state index contributed by atoms with van der Waals surface area (Å²) < 4.78 is 5.79. The van der Waals surface area contributed by atoms with Gasteiger partial charge in [0, 0.05) is 5.75 Å². The van der Waals surface area contributed by atoms with E-state index in [1.807, 2.05) is 57.2 Å². The molecule has 0 radical (unpaired) electrons. The summed E-state index contributed by atoms with van der Waals surface area (Å²) in [7, 11) is 0. The number of rotatable bonds is 8. The maximum Gasteiger partial charge on any atom is 0.268 e. The number of aliphatic hydroxyl groups is 1. The minimum Gasteiger partial charge on any atom is -0.492 e. The predicted octanol–water partition coefficient (Wildman–Crippen LogP) is 3.50. The normalized spacial score (nSPS) is 14.1. The molecule has 0 unspecified atom stereocenters. The van der Waals surface area contributed by atoms with Gasteiger partial charge in [-0.15, -0.1) is 11.8 Å². The highest BCUT2D eigenvalue weighted by Gasteiger charge is 2.38. The SMILES string of the molecule is Cc1ccc(C2=C(SCCO)C(=O)N(CCOc3cc(C)cc(C)c3)C2=O)cc1. The van der Waals surface area contributed by atoms with Gasteiger partial charge in [-0.1, -0.05) is 35.9 Å². The summed E-state index contributed by atoms with van der Waals surface area (Å²) in [5.41, 5.74) is 4.39. The van der Waals surface area contributed by atoms with Crippen LogP contribution >= 0.6 is 11.8 Å². The average Bonchev–Trinajstić information content (AvgIpc) is 2.90. The molecule has 0 saturated carbocycles. The second-order valence-corrected chi connectivity index (χ2v) is 8.18. The van der Waals surface area contributed by atoms with Crippen molar-refractivity contribution in [2.75, 3.05) is 25.5 Å². The smallest absolute Gasteiger partial charge is 0.268 e. The number of amides is 2. The largest absolute Gasteiger partial charge is 0.492 e. The van der Waals surface area contributed by atoms with Crippen molar-refractivity contribution in [1.29, 1.82) is 0 Å². The number of benzene rings is 2. The van der Waals surface area contributed by atoms with Crippen molar-refractivity contribution >= 4 is 29.1 Å². The van der Waals surface area contributed by atoms with Crippen molar-refractivity contribution in [2.24, 2.45) is 0 Å². The number of ether oxygens (including phenoxy) is 1. The Labute approximate surface area is 175 Å². The van der Waals surface area contributed by atoms with Crippen LogP contribution in [0.25, 0.3) is 5.57 Å². The third-order valence-electron chi connectivity index (χ3n) is 4.58. The predicted molar refractivity (Wildman–Crippen MR) is 116 cm³/mol. The lowest BCUT2D eigenvalue weighted by Crippen LogP contribution is -2.35. The molecule has 2 amide bonds. The molecule has 2 aromatic rings. The molecular weight excluding hydrogens is 386 g/mol. The number of thioether (sulfide) groups is 1. The maximum absolute atomic E-state index is 13.0. The number of aryl methyl sites for hydroxylation is 3. The fourth-order valence-corrected chi connectivity index (χ4v) is 4.16. The Hall–Kier alpha value is -2.57. The molecule has 6 heteroatoms. The Kier molecular flexibility index (Phi) is 6.77. The topological polar surface area (TPSA) is 66.8 Å². The van der Waals surface area contributed by atoms with Gasteiger partial charge in [-0.2, -0.15) is 0 Å². The van der Waals surface area contributed by atoms with Crippen LogP contribution in [0.15, 0.2) is 47.4 Å². The second-order valence-electron chi connectivity index (χ2n) is 7.08. The van der Waals surface area contributed by atoms with Crippen molar-refractivity contribution in [3.8, 4) is 5.75 Å². The second kappa shape index (κ2) is 9.29. The van der Waals surface area contributed by atoms with E-state index in [0.29, 0.717) is 21.8 Å². The van der Waals surface area contributed by atoms with Gasteiger partial charge in [0.2, 0.25) is 0 Å². The van der Waals surface area contributed by atoms with Crippen LogP contribution in [0.2, 0.25) is 0 Å². The molecule has 0 fully saturated rings. The number of carbonyl (C=O) groups is 2. The van der Waals surface area contributed by atoms with Gasteiger partial charge in [0.05, 0.1) is 23.6 Å². The zero-order chi connectivity index (χ0) is 21.0. The van der Waals surface area contributed by atoms with Crippen molar-refractivity contribution in [3.63, 3.8) is 0 Å². The van der Waals surface area contributed by atoms with Gasteiger partial charge in [0.15, 0.2) is 0 Å². The fourth-order valence-electron chi connectivity index (χ4n) is 3.28. The molecule has 1 heterocycles. The lowest BCUT2D eigenvalue weighted by atomic mass is 10.0. The van der Waals surface area contributed by atoms with Gasteiger partial charge in [0.1, 0.15) is 12.4 Å². The molecule has 0 atom stereocenters. The first kappa shape index (κ1) is 21.1. The number of hydrogen-bond acceptors (Lipinski definition) is 5. The molecule has 0 saturated heterocycles. The van der Waals surface area contributed by atoms with Crippen LogP contribution in [0, 0.1) is 20.8 Å². The fraction of sp³-hybridized carbons (Fsp3) is 0.304. The van der Waals surface area contributed by atoms with E-state index in [1.54, 1.807) is 0 Å². The molecule has 5 nitrogen and oxygen atoms in total. The van der Waals surface area contributed by atoms with E-state index in [1.165, 1.54) is 16.7 Å². The lowest BCUT2D eigenvalue weighted by molar-refractivity contribution is -0.136. The highest BCUT2D eigenvalue weighted by Crippen LogP contribution is 2.36. The van der Waals surface area contributed by atoms with E-state index < -0.39 is 0 Å². The lowest BCUT2D eigenvalue weighted by Gasteiger charge is -2.16. The Morgan fingerprint density at radius 2 is 1.59 bits per heavy atom. The van der Waals surface area contributed by atoms with Gasteiger partial charge < -0.3 is 9.84 Å². The molecule has 1 N–H and O–H groups in total. The molecule has 0 bridgehead atoms. The summed E-state index contributed by atoms with van der Waals surface area (Å²) in [6, 6.07) is 13.5. The Balaban J connectivity index is 1.76. The molecule has 0 aliphatic carbocycles. The Morgan fingerprint density at radius 1 is 0.931 bits per heavy atom. The third-order valence-corrected chi connectivity index (χ3v) is 5.64. The van der Waals surface area contributed by atoms with E-state index in [4.69, 9.17) is 4.74 Å². The van der Waals surface area contributed by atoms with Crippen LogP contribution in [0.5, 0.6) is 5.75 Å². The highest BCUT2D eigenvalue weighted by atomic mass is 32.2. The maximum atomic E-state index is 13.0. The van der Waals surface area contributed by atoms with Gasteiger partial charge in [0.25, 0.3) is 11.8 Å². The van der Waals surface area contributed by atoms with Crippen LogP contribution in [-0.4, -0.2) is 47.3 Å². The Morgan fingerprint density at radius 3 is 2.21 bits per heavy atom. The summed E-state index contributed by atoms with van der Waals surface area (Å²) in [6.07, 6.45) is 0. The first-order valence-electron chi connectivity index (χ1n) is 9.53. The summed E-state index contributed by atoms with van der Waals surface area (Å²) in [5.74, 6) is 0.441. The molecule has 0 spiro atoms. The molecule has 3 rings (SSSR count). The summed E-state index contributed by atoms with van der Waals surface area (Å²) >= 11 is 1.22. The number of nitrogens with zero attached hydrogens (tertiary/aromatic N) is 1. The molecule has 1 aliphatic heterocycles. The van der Waals surface area contributed by atoms with E-state index in [0.717, 1.165) is 22.4 Å². The third kappa shape index (κ3) is 4.89. The zero-order valence-corrected chi connectivity index (χ0v) is 17.7. The van der Waals surface area contributed by atoms with Gasteiger partial charge >= 0.3 is 0 Å². The summed E-state index contributed by atoms with van der Waals surface area (Å²) in [6.45, 7) is 6.29. The molecule has 1 aliphatic rings. The quantitative estimate of drug-likeness (QED) is 0.674. The van der Waals surface area contributed by atoms with Gasteiger partial charge in [-0.05, 0) is 49.6 Å². The number of hydrogen-bond donors (Lipinski definition) is 1. The van der Waals surface area contributed by atoms with Gasteiger partial charge in [-0.25, -0.2) is 0 Å². The molecule has 0 aromatic heterocycles. The van der Waals surface area contributed by atoms with Crippen LogP contribution in [0.4, 0.5) is 0 Å². The van der Waals surface area contributed by atoms with E-state index in [9.17, 15) is 14.7 Å². The minimum atomic E-state index is -0.326. The van der Waals surface area contributed by atoms with Crippen LogP contribution in [0.1, 0.15) is 22.3 Å². The first-order chi connectivity index (χ1) is 13.9. The Bertz CT molecular complexity index is 930. The van der Waals surface area contributed by atoms with Crippen molar-refractivity contribution in [2.45, 2.75) is 20.8 Å². The number of imide groups is 1. The number of carbonyl (C=O) groups excluding carboxylic acids is 2. The highest BCUT2D eigenvalue weighted by molar-refractivity contribution is 8.04. The summed E-state index contributed by atoms with van der Waals surface area (Å²) in [4.78, 5) is 27.6. The van der Waals surface area contributed by atoms with E-state index >= 15 is 0 Å². The first-order valence-corrected chi connectivity index (χ1v) is 10.5. The van der Waals surface area contributed by atoms with E-state index in [-0.39, 0.29) is 31.6 Å². The van der Waals surface area contributed by atoms with Crippen molar-refractivity contribution in [3.05, 3.63) is 69.6 Å². The molecular formula is C23H25NO4S. The average molecular weight is 412 g/mol. The van der Waals surface area contributed by atoms with Crippen molar-refractivity contribution in [1.82, 2.24) is 4.90 Å². The molecule has 2 aromatic carbocycles. The summed E-state index contributed by atoms with van der Waals surface area (Å²) in [5, 5.41) is 9.18. The minimum absolute atomic E-state index is 0.0629. The molecule has 29 heavy (non-hydrogen) atoms. The monoisotopic (exact) mass is 411 g/mol. The van der Waals surface area contributed by atoms with Crippen LogP contribution in [0.3, 0.4) is 0 Å². The van der Waals surface area contributed by atoms with Crippen LogP contribution < -0.4 is 4.74 Å². The van der Waals surface area contributed by atoms with Crippen molar-refractivity contribution < 1.29 is 19.4 Å². The number of aliphatic hydroxyl groups excluding tert-OH is 1. The zero-order valence-electron chi connectivity index (χ0n) is 16.9. The standard InChI is InChI=1S/C23H25NO4S/c1-15-4-6-18(7-5-15)20-21(29-11-9-25)23(27)24(22(20)26)8-10-28-19-13-16(2)12-17(3)14-19/h4-7,12-14,25H,8-11H2,1-3H3. The van der Waals surface area contributed by atoms with E-state index in [2.05, 4.69) is 6.07 Å². The van der Waals surface area contributed by atoms with Crippen LogP contribution in [-0.2, 0) is 9.59 Å². The molecule has 152 valence electrons. The van der Waals surface area contributed by atoms with Gasteiger partial charge in [-0.3, -0.25) is 14.5 Å².